The molecule has 0 aliphatic heterocycles. The average Bonchev–Trinajstić information content (AvgIpc) is 1.97. The molecule has 0 aromatic carbocycles. The van der Waals surface area contributed by atoms with Gasteiger partial charge in [0.1, 0.15) is 5.70 Å². The molecule has 5 nitrogen and oxygen atoms in total. The van der Waals surface area contributed by atoms with Crippen molar-refractivity contribution >= 4 is 11.9 Å². The van der Waals surface area contributed by atoms with Gasteiger partial charge in [0.25, 0.3) is 0 Å². The Bertz CT molecular complexity index is 256. The van der Waals surface area contributed by atoms with Crippen LogP contribution in [0, 0.1) is 0 Å². The Balaban J connectivity index is 4.89. The molecule has 0 atom stereocenters. The van der Waals surface area contributed by atoms with E-state index < -0.39 is 11.9 Å². The van der Waals surface area contributed by atoms with Crippen molar-refractivity contribution in [1.82, 2.24) is 10.2 Å². The molecule has 0 aliphatic rings. The van der Waals surface area contributed by atoms with Crippen LogP contribution in [0.5, 0.6) is 0 Å². The highest BCUT2D eigenvalue weighted by Gasteiger charge is 2.13. The Morgan fingerprint density at radius 2 is 1.69 bits per heavy atom. The van der Waals surface area contributed by atoms with E-state index in [0.717, 1.165) is 0 Å². The van der Waals surface area contributed by atoms with Crippen LogP contribution in [0.1, 0.15) is 13.8 Å². The van der Waals surface area contributed by atoms with Crippen LogP contribution < -0.4 is 5.32 Å². The number of nitrogens with one attached hydrogen (secondary N) is 1. The summed E-state index contributed by atoms with van der Waals surface area (Å²) in [6.45, 7) is 2.89. The molecule has 0 fully saturated rings. The zero-order chi connectivity index (χ0) is 10.6. The van der Waals surface area contributed by atoms with Gasteiger partial charge in [0.15, 0.2) is 0 Å². The minimum absolute atomic E-state index is 0.0856. The molecule has 0 rings (SSSR count). The molecule has 13 heavy (non-hydrogen) atoms. The van der Waals surface area contributed by atoms with Crippen LogP contribution in [0.4, 0.5) is 0 Å². The Morgan fingerprint density at radius 3 is 1.92 bits per heavy atom. The number of carboxylic acids is 1. The number of amides is 1. The highest BCUT2D eigenvalue weighted by Crippen LogP contribution is 2.03. The van der Waals surface area contributed by atoms with Crippen molar-refractivity contribution in [3.8, 4) is 0 Å². The average molecular weight is 186 g/mol. The molecule has 1 amide bonds. The van der Waals surface area contributed by atoms with E-state index in [2.05, 4.69) is 5.32 Å². The molecule has 74 valence electrons. The zero-order valence-electron chi connectivity index (χ0n) is 8.21. The quantitative estimate of drug-likeness (QED) is 0.609. The zero-order valence-corrected chi connectivity index (χ0v) is 8.21. The number of nitrogens with zero attached hydrogens (tertiary/aromatic N) is 1. The second-order valence-corrected chi connectivity index (χ2v) is 2.84. The topological polar surface area (TPSA) is 69.6 Å². The van der Waals surface area contributed by atoms with Gasteiger partial charge in [-0.1, -0.05) is 0 Å². The molecule has 0 radical (unpaired) electrons. The fourth-order valence-electron chi connectivity index (χ4n) is 0.698. The summed E-state index contributed by atoms with van der Waals surface area (Å²) in [7, 11) is 3.42. The molecule has 0 unspecified atom stereocenters. The van der Waals surface area contributed by atoms with E-state index in [1.54, 1.807) is 25.9 Å². The van der Waals surface area contributed by atoms with Crippen LogP contribution in [0.15, 0.2) is 11.4 Å². The summed E-state index contributed by atoms with van der Waals surface area (Å²) in [4.78, 5) is 23.0. The highest BCUT2D eigenvalue weighted by molar-refractivity contribution is 5.92. The number of carbonyl (C=O) groups is 2. The third-order valence-corrected chi connectivity index (χ3v) is 1.55. The third-order valence-electron chi connectivity index (χ3n) is 1.55. The second kappa shape index (κ2) is 4.49. The summed E-state index contributed by atoms with van der Waals surface area (Å²) in [6, 6.07) is 0. The number of carbonyl (C=O) groups excluding carboxylic acids is 1. The summed E-state index contributed by atoms with van der Waals surface area (Å²) >= 11 is 0. The predicted molar refractivity (Wildman–Crippen MR) is 47.8 cm³/mol. The third kappa shape index (κ3) is 3.59. The number of hydrogen-bond acceptors (Lipinski definition) is 3. The molecular formula is C8H14N2O3. The van der Waals surface area contributed by atoms with Crippen LogP contribution in [-0.2, 0) is 9.59 Å². The first-order valence-electron chi connectivity index (χ1n) is 3.75. The molecule has 0 aromatic rings. The van der Waals surface area contributed by atoms with Crippen molar-refractivity contribution in [3.63, 3.8) is 0 Å². The van der Waals surface area contributed by atoms with E-state index >= 15 is 0 Å². The van der Waals surface area contributed by atoms with E-state index in [1.165, 1.54) is 6.92 Å². The van der Waals surface area contributed by atoms with E-state index in [-0.39, 0.29) is 5.70 Å². The van der Waals surface area contributed by atoms with Gasteiger partial charge in [-0.25, -0.2) is 4.79 Å². The minimum Gasteiger partial charge on any atom is -0.477 e. The van der Waals surface area contributed by atoms with Gasteiger partial charge in [-0.15, -0.1) is 0 Å². The highest BCUT2D eigenvalue weighted by atomic mass is 16.4. The van der Waals surface area contributed by atoms with Gasteiger partial charge in [0, 0.05) is 26.7 Å². The maximum Gasteiger partial charge on any atom is 0.354 e. The van der Waals surface area contributed by atoms with Gasteiger partial charge < -0.3 is 15.3 Å². The van der Waals surface area contributed by atoms with E-state index in [4.69, 9.17) is 5.11 Å². The largest absolute Gasteiger partial charge is 0.477 e. The first-order valence-corrected chi connectivity index (χ1v) is 3.75. The Morgan fingerprint density at radius 1 is 1.23 bits per heavy atom. The van der Waals surface area contributed by atoms with Crippen molar-refractivity contribution in [3.05, 3.63) is 11.4 Å². The molecular weight excluding hydrogens is 172 g/mol. The molecule has 2 N–H and O–H groups in total. The summed E-state index contributed by atoms with van der Waals surface area (Å²) in [5.41, 5.74) is 0.417. The lowest BCUT2D eigenvalue weighted by Crippen LogP contribution is -2.29. The normalized spacial score (nSPS) is 11.7. The van der Waals surface area contributed by atoms with Gasteiger partial charge in [-0.2, -0.15) is 0 Å². The van der Waals surface area contributed by atoms with Crippen LogP contribution in [0.25, 0.3) is 0 Å². The lowest BCUT2D eigenvalue weighted by atomic mass is 10.3. The molecule has 0 saturated carbocycles. The van der Waals surface area contributed by atoms with E-state index in [9.17, 15) is 9.59 Å². The van der Waals surface area contributed by atoms with E-state index in [1.807, 2.05) is 0 Å². The van der Waals surface area contributed by atoms with Crippen LogP contribution in [0.3, 0.4) is 0 Å². The second-order valence-electron chi connectivity index (χ2n) is 2.84. The van der Waals surface area contributed by atoms with Gasteiger partial charge in [0.2, 0.25) is 5.91 Å². The van der Waals surface area contributed by atoms with Crippen LogP contribution >= 0.6 is 0 Å². The monoisotopic (exact) mass is 186 g/mol. The SMILES string of the molecule is CC(=O)NC(C(=O)O)=C(C)N(C)C. The lowest BCUT2D eigenvalue weighted by molar-refractivity contribution is -0.134. The van der Waals surface area contributed by atoms with Crippen LogP contribution in [0.2, 0.25) is 0 Å². The number of allylic oxidation sites excluding steroid dienone is 1. The lowest BCUT2D eigenvalue weighted by Gasteiger charge is -2.16. The van der Waals surface area contributed by atoms with Crippen molar-refractivity contribution in [2.24, 2.45) is 0 Å². The standard InChI is InChI=1S/C8H14N2O3/c1-5(10(3)4)7(8(12)13)9-6(2)11/h1-4H3,(H,9,11)(H,12,13). The number of rotatable bonds is 3. The first-order chi connectivity index (χ1) is 5.86. The molecule has 0 bridgehead atoms. The maximum atomic E-state index is 10.7. The Kier molecular flexibility index (Phi) is 3.97. The molecule has 0 aliphatic carbocycles. The number of aliphatic carboxylic acids is 1. The summed E-state index contributed by atoms with van der Waals surface area (Å²) in [5, 5.41) is 11.0. The van der Waals surface area contributed by atoms with Gasteiger partial charge >= 0.3 is 5.97 Å². The summed E-state index contributed by atoms with van der Waals surface area (Å²) in [6.07, 6.45) is 0. The molecule has 0 aromatic heterocycles. The predicted octanol–water partition coefficient (Wildman–Crippen LogP) is 0.000200. The molecule has 0 spiro atoms. The number of hydrogen-bond donors (Lipinski definition) is 2. The molecule has 0 saturated heterocycles. The van der Waals surface area contributed by atoms with Crippen molar-refractivity contribution < 1.29 is 14.7 Å². The Hall–Kier alpha value is -1.52. The van der Waals surface area contributed by atoms with Crippen molar-refractivity contribution in [2.45, 2.75) is 13.8 Å². The fraction of sp³-hybridized carbons (Fsp3) is 0.500. The fourth-order valence-corrected chi connectivity index (χ4v) is 0.698. The first kappa shape index (κ1) is 11.5. The summed E-state index contributed by atoms with van der Waals surface area (Å²) in [5.74, 6) is -1.53. The minimum atomic E-state index is -1.14. The molecule has 5 heteroatoms. The van der Waals surface area contributed by atoms with Gasteiger partial charge in [0.05, 0.1) is 0 Å². The van der Waals surface area contributed by atoms with Crippen LogP contribution in [-0.4, -0.2) is 36.0 Å². The van der Waals surface area contributed by atoms with E-state index in [0.29, 0.717) is 5.70 Å². The number of carboxylic acid groups (broad SMARTS) is 1. The van der Waals surface area contributed by atoms with Crippen molar-refractivity contribution in [1.29, 1.82) is 0 Å². The summed E-state index contributed by atoms with van der Waals surface area (Å²) < 4.78 is 0. The Labute approximate surface area is 77.0 Å². The van der Waals surface area contributed by atoms with Gasteiger partial charge in [-0.3, -0.25) is 4.79 Å². The van der Waals surface area contributed by atoms with Gasteiger partial charge in [-0.05, 0) is 6.92 Å². The van der Waals surface area contributed by atoms with Crippen molar-refractivity contribution in [2.75, 3.05) is 14.1 Å². The smallest absolute Gasteiger partial charge is 0.354 e. The molecule has 0 heterocycles. The maximum absolute atomic E-state index is 10.7.